The standard InChI is InChI=1S/C23H31NO2/c1-26-21(25)23(19-5-3-2-4-6-19)13-20(23)14-24-15-22-10-16-7-17(11-22)9-18(8-16)12-22/h2-6,16-18,20,24H,7-15H2,1H3/t16?,17?,18?,20-,22?,23+/m0/s1. The molecule has 5 fully saturated rings. The number of carbonyl (C=O) groups is 1. The van der Waals surface area contributed by atoms with Gasteiger partial charge in [0, 0.05) is 6.54 Å². The summed E-state index contributed by atoms with van der Waals surface area (Å²) in [6.07, 6.45) is 9.74. The largest absolute Gasteiger partial charge is 0.468 e. The zero-order valence-electron chi connectivity index (χ0n) is 15.9. The van der Waals surface area contributed by atoms with Crippen LogP contribution in [0.1, 0.15) is 50.5 Å². The monoisotopic (exact) mass is 353 g/mol. The molecule has 1 aromatic carbocycles. The van der Waals surface area contributed by atoms with Gasteiger partial charge in [-0.1, -0.05) is 30.3 Å². The number of nitrogens with one attached hydrogen (secondary N) is 1. The lowest BCUT2D eigenvalue weighted by atomic mass is 9.49. The van der Waals surface area contributed by atoms with Gasteiger partial charge >= 0.3 is 5.97 Å². The predicted octanol–water partition coefficient (Wildman–Crippen LogP) is 3.92. The van der Waals surface area contributed by atoms with E-state index in [1.807, 2.05) is 18.2 Å². The van der Waals surface area contributed by atoms with E-state index in [1.165, 1.54) is 45.6 Å². The SMILES string of the molecule is COC(=O)[C@@]1(c2ccccc2)C[C@H]1CNCC12CC3CC(CC(C3)C1)C2. The molecule has 5 aliphatic rings. The molecule has 0 radical (unpaired) electrons. The van der Waals surface area contributed by atoms with Gasteiger partial charge in [-0.25, -0.2) is 0 Å². The topological polar surface area (TPSA) is 38.3 Å². The van der Waals surface area contributed by atoms with Crippen molar-refractivity contribution < 1.29 is 9.53 Å². The van der Waals surface area contributed by atoms with E-state index in [2.05, 4.69) is 17.4 Å². The quantitative estimate of drug-likeness (QED) is 0.788. The smallest absolute Gasteiger partial charge is 0.316 e. The Labute approximate surface area is 156 Å². The maximum Gasteiger partial charge on any atom is 0.316 e. The van der Waals surface area contributed by atoms with Gasteiger partial charge in [-0.05, 0) is 86.1 Å². The molecule has 0 aliphatic heterocycles. The van der Waals surface area contributed by atoms with Gasteiger partial charge in [0.25, 0.3) is 0 Å². The lowest BCUT2D eigenvalue weighted by Crippen LogP contribution is -2.50. The van der Waals surface area contributed by atoms with Gasteiger partial charge in [-0.15, -0.1) is 0 Å². The number of ether oxygens (including phenoxy) is 1. The summed E-state index contributed by atoms with van der Waals surface area (Å²) in [5.41, 5.74) is 1.27. The van der Waals surface area contributed by atoms with E-state index < -0.39 is 5.41 Å². The van der Waals surface area contributed by atoms with E-state index in [9.17, 15) is 4.79 Å². The minimum Gasteiger partial charge on any atom is -0.468 e. The molecule has 3 nitrogen and oxygen atoms in total. The van der Waals surface area contributed by atoms with Gasteiger partial charge in [0.2, 0.25) is 0 Å². The van der Waals surface area contributed by atoms with E-state index in [-0.39, 0.29) is 5.97 Å². The Hall–Kier alpha value is -1.35. The second kappa shape index (κ2) is 6.09. The molecule has 0 amide bonds. The van der Waals surface area contributed by atoms with E-state index >= 15 is 0 Å². The molecule has 5 aliphatic carbocycles. The molecule has 4 bridgehead atoms. The fraction of sp³-hybridized carbons (Fsp3) is 0.696. The summed E-state index contributed by atoms with van der Waals surface area (Å²) in [6.45, 7) is 2.09. The first kappa shape index (κ1) is 16.8. The highest BCUT2D eigenvalue weighted by Crippen LogP contribution is 2.60. The van der Waals surface area contributed by atoms with Crippen molar-refractivity contribution in [2.24, 2.45) is 29.1 Å². The predicted molar refractivity (Wildman–Crippen MR) is 102 cm³/mol. The lowest BCUT2D eigenvalue weighted by molar-refractivity contribution is -0.144. The van der Waals surface area contributed by atoms with Crippen LogP contribution >= 0.6 is 0 Å². The molecule has 26 heavy (non-hydrogen) atoms. The number of esters is 1. The maximum absolute atomic E-state index is 12.5. The number of benzene rings is 1. The third kappa shape index (κ3) is 2.62. The lowest BCUT2D eigenvalue weighted by Gasteiger charge is -2.57. The van der Waals surface area contributed by atoms with Crippen molar-refractivity contribution in [2.75, 3.05) is 20.2 Å². The van der Waals surface area contributed by atoms with Crippen molar-refractivity contribution in [3.63, 3.8) is 0 Å². The van der Waals surface area contributed by atoms with Gasteiger partial charge in [-0.3, -0.25) is 4.79 Å². The van der Waals surface area contributed by atoms with Crippen LogP contribution in [-0.4, -0.2) is 26.2 Å². The zero-order chi connectivity index (χ0) is 17.8. The van der Waals surface area contributed by atoms with Crippen molar-refractivity contribution in [3.8, 4) is 0 Å². The van der Waals surface area contributed by atoms with Crippen molar-refractivity contribution in [3.05, 3.63) is 35.9 Å². The molecule has 5 saturated carbocycles. The average molecular weight is 354 g/mol. The Balaban J connectivity index is 1.23. The average Bonchev–Trinajstić information content (AvgIpc) is 3.36. The fourth-order valence-electron chi connectivity index (χ4n) is 7.23. The van der Waals surface area contributed by atoms with E-state index in [0.29, 0.717) is 11.3 Å². The molecule has 0 unspecified atom stereocenters. The molecule has 3 heteroatoms. The molecule has 0 heterocycles. The first-order valence-electron chi connectivity index (χ1n) is 10.5. The number of rotatable bonds is 6. The summed E-state index contributed by atoms with van der Waals surface area (Å²) in [5.74, 6) is 3.31. The second-order valence-corrected chi connectivity index (χ2v) is 9.78. The minimum absolute atomic E-state index is 0.0645. The fourth-order valence-corrected chi connectivity index (χ4v) is 7.23. The molecular formula is C23H31NO2. The highest BCUT2D eigenvalue weighted by atomic mass is 16.5. The van der Waals surface area contributed by atoms with Gasteiger partial charge in [0.1, 0.15) is 0 Å². The molecule has 0 spiro atoms. The second-order valence-electron chi connectivity index (χ2n) is 9.78. The van der Waals surface area contributed by atoms with Crippen molar-refractivity contribution in [1.29, 1.82) is 0 Å². The number of carbonyl (C=O) groups excluding carboxylic acids is 1. The summed E-state index contributed by atoms with van der Waals surface area (Å²) in [5, 5.41) is 3.80. The summed E-state index contributed by atoms with van der Waals surface area (Å²) in [7, 11) is 1.52. The normalized spacial score (nSPS) is 42.7. The molecular weight excluding hydrogens is 322 g/mol. The van der Waals surface area contributed by atoms with Gasteiger partial charge in [-0.2, -0.15) is 0 Å². The Bertz CT molecular complexity index is 649. The van der Waals surface area contributed by atoms with Crippen LogP contribution in [0.25, 0.3) is 0 Å². The molecule has 2 atom stereocenters. The third-order valence-electron chi connectivity index (χ3n) is 8.00. The summed E-state index contributed by atoms with van der Waals surface area (Å²) in [6, 6.07) is 10.2. The van der Waals surface area contributed by atoms with E-state index in [0.717, 1.165) is 42.8 Å². The minimum atomic E-state index is -0.412. The summed E-state index contributed by atoms with van der Waals surface area (Å²) in [4.78, 5) is 12.5. The summed E-state index contributed by atoms with van der Waals surface area (Å²) < 4.78 is 5.18. The Kier molecular flexibility index (Phi) is 3.93. The number of methoxy groups -OCH3 is 1. The first-order chi connectivity index (χ1) is 12.6. The van der Waals surface area contributed by atoms with Gasteiger partial charge < -0.3 is 10.1 Å². The number of hydrogen-bond donors (Lipinski definition) is 1. The number of hydrogen-bond acceptors (Lipinski definition) is 3. The molecule has 0 saturated heterocycles. The molecule has 0 aromatic heterocycles. The van der Waals surface area contributed by atoms with Crippen molar-refractivity contribution >= 4 is 5.97 Å². The Morgan fingerprint density at radius 3 is 2.23 bits per heavy atom. The first-order valence-corrected chi connectivity index (χ1v) is 10.5. The van der Waals surface area contributed by atoms with Crippen LogP contribution in [0.15, 0.2) is 30.3 Å². The van der Waals surface area contributed by atoms with Crippen LogP contribution in [-0.2, 0) is 14.9 Å². The van der Waals surface area contributed by atoms with Gasteiger partial charge in [0.05, 0.1) is 12.5 Å². The van der Waals surface area contributed by atoms with Gasteiger partial charge in [0.15, 0.2) is 0 Å². The molecule has 140 valence electrons. The van der Waals surface area contributed by atoms with Crippen LogP contribution in [0.5, 0.6) is 0 Å². The molecule has 1 N–H and O–H groups in total. The van der Waals surface area contributed by atoms with E-state index in [4.69, 9.17) is 4.74 Å². The molecule has 1 aromatic rings. The van der Waals surface area contributed by atoms with Crippen LogP contribution in [0.4, 0.5) is 0 Å². The summed E-state index contributed by atoms with van der Waals surface area (Å²) >= 11 is 0. The van der Waals surface area contributed by atoms with Crippen LogP contribution in [0.2, 0.25) is 0 Å². The van der Waals surface area contributed by atoms with E-state index in [1.54, 1.807) is 0 Å². The zero-order valence-corrected chi connectivity index (χ0v) is 15.9. The third-order valence-corrected chi connectivity index (χ3v) is 8.00. The molecule has 6 rings (SSSR count). The van der Waals surface area contributed by atoms with Crippen molar-refractivity contribution in [2.45, 2.75) is 50.4 Å². The van der Waals surface area contributed by atoms with Crippen LogP contribution < -0.4 is 5.32 Å². The van der Waals surface area contributed by atoms with Crippen LogP contribution in [0, 0.1) is 29.1 Å². The van der Waals surface area contributed by atoms with Crippen LogP contribution in [0.3, 0.4) is 0 Å². The highest BCUT2D eigenvalue weighted by Gasteiger charge is 2.61. The van der Waals surface area contributed by atoms with Crippen molar-refractivity contribution in [1.82, 2.24) is 5.32 Å². The highest BCUT2D eigenvalue weighted by molar-refractivity contribution is 5.87. The maximum atomic E-state index is 12.5. The Morgan fingerprint density at radius 1 is 1.04 bits per heavy atom. The Morgan fingerprint density at radius 2 is 1.65 bits per heavy atom.